The molecule has 0 saturated carbocycles. The molecule has 2 aromatic rings. The number of ether oxygens (including phenoxy) is 1. The number of carbonyl (C=O) groups is 1. The minimum Gasteiger partial charge on any atom is -0.497 e. The second-order valence-corrected chi connectivity index (χ2v) is 6.80. The molecule has 0 aliphatic rings. The Labute approximate surface area is 158 Å². The Morgan fingerprint density at radius 1 is 1.12 bits per heavy atom. The number of carbonyl (C=O) groups excluding carboxylic acids is 1. The summed E-state index contributed by atoms with van der Waals surface area (Å²) in [5.41, 5.74) is 1.94. The molecule has 6 heteroatoms. The molecule has 134 valence electrons. The molecule has 0 aliphatic carbocycles. The van der Waals surface area contributed by atoms with Gasteiger partial charge in [-0.15, -0.1) is 0 Å². The van der Waals surface area contributed by atoms with Crippen LogP contribution >= 0.6 is 23.2 Å². The Morgan fingerprint density at radius 2 is 1.80 bits per heavy atom. The van der Waals surface area contributed by atoms with Crippen LogP contribution in [-0.2, 0) is 11.2 Å². The van der Waals surface area contributed by atoms with Crippen LogP contribution in [0.4, 0.5) is 0 Å². The molecular formula is C19H22Cl2N2O2. The average molecular weight is 381 g/mol. The van der Waals surface area contributed by atoms with E-state index >= 15 is 0 Å². The predicted molar refractivity (Wildman–Crippen MR) is 103 cm³/mol. The van der Waals surface area contributed by atoms with Crippen LogP contribution in [-0.4, -0.2) is 38.6 Å². The molecule has 0 unspecified atom stereocenters. The number of rotatable bonds is 7. The SMILES string of the molecule is COc1ccc([C@@H](CNC(=O)Cc2ccc(Cl)c(Cl)c2)N(C)C)cc1. The first kappa shape index (κ1) is 19.6. The zero-order chi connectivity index (χ0) is 18.4. The summed E-state index contributed by atoms with van der Waals surface area (Å²) >= 11 is 11.9. The van der Waals surface area contributed by atoms with E-state index in [-0.39, 0.29) is 18.4 Å². The van der Waals surface area contributed by atoms with Crippen molar-refractivity contribution in [2.75, 3.05) is 27.7 Å². The van der Waals surface area contributed by atoms with Crippen LogP contribution in [0.1, 0.15) is 17.2 Å². The summed E-state index contributed by atoms with van der Waals surface area (Å²) in [6.07, 6.45) is 0.264. The minimum atomic E-state index is -0.0567. The summed E-state index contributed by atoms with van der Waals surface area (Å²) in [6.45, 7) is 0.513. The van der Waals surface area contributed by atoms with Crippen molar-refractivity contribution in [3.8, 4) is 5.75 Å². The van der Waals surface area contributed by atoms with Gasteiger partial charge in [0.15, 0.2) is 0 Å². The summed E-state index contributed by atoms with van der Waals surface area (Å²) in [5, 5.41) is 3.93. The fourth-order valence-corrected chi connectivity index (χ4v) is 2.85. The quantitative estimate of drug-likeness (QED) is 0.789. The highest BCUT2D eigenvalue weighted by Crippen LogP contribution is 2.23. The Morgan fingerprint density at radius 3 is 2.36 bits per heavy atom. The number of amides is 1. The lowest BCUT2D eigenvalue weighted by Gasteiger charge is -2.25. The van der Waals surface area contributed by atoms with Crippen LogP contribution in [0, 0.1) is 0 Å². The monoisotopic (exact) mass is 380 g/mol. The molecule has 0 aromatic heterocycles. The van der Waals surface area contributed by atoms with Gasteiger partial charge in [0.1, 0.15) is 5.75 Å². The third-order valence-electron chi connectivity index (χ3n) is 3.97. The van der Waals surface area contributed by atoms with Crippen molar-refractivity contribution in [2.45, 2.75) is 12.5 Å². The molecule has 25 heavy (non-hydrogen) atoms. The van der Waals surface area contributed by atoms with Crippen molar-refractivity contribution in [3.05, 3.63) is 63.6 Å². The van der Waals surface area contributed by atoms with E-state index < -0.39 is 0 Å². The molecule has 1 amide bonds. The van der Waals surface area contributed by atoms with Gasteiger partial charge >= 0.3 is 0 Å². The maximum Gasteiger partial charge on any atom is 0.224 e. The summed E-state index contributed by atoms with van der Waals surface area (Å²) in [5.74, 6) is 0.753. The molecule has 0 heterocycles. The third kappa shape index (κ3) is 5.63. The lowest BCUT2D eigenvalue weighted by atomic mass is 10.1. The lowest BCUT2D eigenvalue weighted by molar-refractivity contribution is -0.120. The van der Waals surface area contributed by atoms with E-state index in [9.17, 15) is 4.79 Å². The van der Waals surface area contributed by atoms with Crippen LogP contribution in [0.15, 0.2) is 42.5 Å². The van der Waals surface area contributed by atoms with Gasteiger partial charge in [0, 0.05) is 6.54 Å². The number of methoxy groups -OCH3 is 1. The molecule has 4 nitrogen and oxygen atoms in total. The zero-order valence-electron chi connectivity index (χ0n) is 14.6. The Hall–Kier alpha value is -1.75. The van der Waals surface area contributed by atoms with Crippen molar-refractivity contribution in [2.24, 2.45) is 0 Å². The molecule has 0 saturated heterocycles. The third-order valence-corrected chi connectivity index (χ3v) is 4.70. The first-order valence-corrected chi connectivity index (χ1v) is 8.67. The highest BCUT2D eigenvalue weighted by atomic mass is 35.5. The zero-order valence-corrected chi connectivity index (χ0v) is 16.1. The number of hydrogen-bond donors (Lipinski definition) is 1. The Kier molecular flexibility index (Phi) is 7.12. The molecule has 0 fully saturated rings. The van der Waals surface area contributed by atoms with Crippen molar-refractivity contribution < 1.29 is 9.53 Å². The van der Waals surface area contributed by atoms with Gasteiger partial charge in [-0.3, -0.25) is 4.79 Å². The van der Waals surface area contributed by atoms with Gasteiger partial charge in [0.2, 0.25) is 5.91 Å². The molecule has 1 atom stereocenters. The molecule has 0 spiro atoms. The summed E-state index contributed by atoms with van der Waals surface area (Å²) < 4.78 is 5.19. The number of likely N-dealkylation sites (N-methyl/N-ethyl adjacent to an activating group) is 1. The minimum absolute atomic E-state index is 0.0567. The number of nitrogens with zero attached hydrogens (tertiary/aromatic N) is 1. The smallest absolute Gasteiger partial charge is 0.224 e. The molecule has 2 rings (SSSR count). The van der Waals surface area contributed by atoms with Crippen LogP contribution in [0.3, 0.4) is 0 Å². The molecule has 0 aliphatic heterocycles. The van der Waals surface area contributed by atoms with Gasteiger partial charge in [-0.1, -0.05) is 41.4 Å². The van der Waals surface area contributed by atoms with E-state index in [1.165, 1.54) is 0 Å². The van der Waals surface area contributed by atoms with Gasteiger partial charge in [-0.2, -0.15) is 0 Å². The van der Waals surface area contributed by atoms with Crippen LogP contribution in [0.25, 0.3) is 0 Å². The number of halogens is 2. The predicted octanol–water partition coefficient (Wildman–Crippen LogP) is 3.96. The largest absolute Gasteiger partial charge is 0.497 e. The van der Waals surface area contributed by atoms with E-state index in [1.807, 2.05) is 38.4 Å². The Bertz CT molecular complexity index is 718. The van der Waals surface area contributed by atoms with Gasteiger partial charge < -0.3 is 15.0 Å². The van der Waals surface area contributed by atoms with Gasteiger partial charge in [-0.05, 0) is 49.5 Å². The van der Waals surface area contributed by atoms with E-state index in [4.69, 9.17) is 27.9 Å². The summed E-state index contributed by atoms with van der Waals surface area (Å²) in [6, 6.07) is 13.2. The second kappa shape index (κ2) is 9.09. The van der Waals surface area contributed by atoms with Crippen molar-refractivity contribution in [1.29, 1.82) is 0 Å². The summed E-state index contributed by atoms with van der Waals surface area (Å²) in [4.78, 5) is 14.3. The fourth-order valence-electron chi connectivity index (χ4n) is 2.53. The molecule has 0 radical (unpaired) electrons. The van der Waals surface area contributed by atoms with Crippen molar-refractivity contribution >= 4 is 29.1 Å². The van der Waals surface area contributed by atoms with Gasteiger partial charge in [-0.25, -0.2) is 0 Å². The van der Waals surface area contributed by atoms with E-state index in [2.05, 4.69) is 10.2 Å². The number of hydrogen-bond acceptors (Lipinski definition) is 3. The van der Waals surface area contributed by atoms with Crippen LogP contribution in [0.5, 0.6) is 5.75 Å². The van der Waals surface area contributed by atoms with Crippen LogP contribution < -0.4 is 10.1 Å². The van der Waals surface area contributed by atoms with Crippen molar-refractivity contribution in [1.82, 2.24) is 10.2 Å². The second-order valence-electron chi connectivity index (χ2n) is 5.98. The van der Waals surface area contributed by atoms with E-state index in [0.717, 1.165) is 16.9 Å². The molecule has 1 N–H and O–H groups in total. The van der Waals surface area contributed by atoms with Crippen molar-refractivity contribution in [3.63, 3.8) is 0 Å². The number of nitrogens with one attached hydrogen (secondary N) is 1. The van der Waals surface area contributed by atoms with Crippen LogP contribution in [0.2, 0.25) is 10.0 Å². The Balaban J connectivity index is 1.97. The highest BCUT2D eigenvalue weighted by Gasteiger charge is 2.15. The average Bonchev–Trinajstić information content (AvgIpc) is 2.58. The highest BCUT2D eigenvalue weighted by molar-refractivity contribution is 6.42. The molecular weight excluding hydrogens is 359 g/mol. The normalized spacial score (nSPS) is 12.1. The maximum absolute atomic E-state index is 12.2. The van der Waals surface area contributed by atoms with E-state index in [1.54, 1.807) is 25.3 Å². The lowest BCUT2D eigenvalue weighted by Crippen LogP contribution is -2.35. The first-order valence-electron chi connectivity index (χ1n) is 7.91. The topological polar surface area (TPSA) is 41.6 Å². The number of benzene rings is 2. The standard InChI is InChI=1S/C19H22Cl2N2O2/c1-23(2)18(14-5-7-15(25-3)8-6-14)12-22-19(24)11-13-4-9-16(20)17(21)10-13/h4-10,18H,11-12H2,1-3H3,(H,22,24)/t18-/m1/s1. The van der Waals surface area contributed by atoms with Gasteiger partial charge in [0.05, 0.1) is 29.6 Å². The maximum atomic E-state index is 12.2. The summed E-state index contributed by atoms with van der Waals surface area (Å²) in [7, 11) is 5.61. The fraction of sp³-hybridized carbons (Fsp3) is 0.316. The first-order chi connectivity index (χ1) is 11.9. The molecule has 2 aromatic carbocycles. The molecule has 0 bridgehead atoms. The van der Waals surface area contributed by atoms with E-state index in [0.29, 0.717) is 16.6 Å². The van der Waals surface area contributed by atoms with Gasteiger partial charge in [0.25, 0.3) is 0 Å².